The van der Waals surface area contributed by atoms with Crippen molar-refractivity contribution >= 4 is 32.0 Å². The average Bonchev–Trinajstić information content (AvgIpc) is 3.15. The Kier molecular flexibility index (Phi) is 4.15. The van der Waals surface area contributed by atoms with E-state index in [9.17, 15) is 12.8 Å². The van der Waals surface area contributed by atoms with Gasteiger partial charge in [0.05, 0.1) is 4.90 Å². The van der Waals surface area contributed by atoms with Gasteiger partial charge in [0.1, 0.15) is 11.3 Å². The molecule has 3 aromatic heterocycles. The number of aromatic nitrogens is 3. The molecule has 0 saturated carbocycles. The third kappa shape index (κ3) is 2.86. The van der Waals surface area contributed by atoms with Crippen molar-refractivity contribution < 1.29 is 12.8 Å². The zero-order chi connectivity index (χ0) is 20.9. The topological polar surface area (TPSA) is 64.8 Å². The van der Waals surface area contributed by atoms with E-state index in [1.165, 1.54) is 24.7 Å². The van der Waals surface area contributed by atoms with Crippen LogP contribution in [0.15, 0.2) is 84.1 Å². The molecule has 0 atom stereocenters. The number of aryl methyl sites for hydroxylation is 1. The van der Waals surface area contributed by atoms with Crippen LogP contribution in [-0.2, 0) is 10.0 Å². The van der Waals surface area contributed by atoms with E-state index in [2.05, 4.69) is 9.97 Å². The minimum atomic E-state index is -3.87. The smallest absolute Gasteiger partial charge is 0.253 e. The minimum Gasteiger partial charge on any atom is -0.253 e. The van der Waals surface area contributed by atoms with Gasteiger partial charge < -0.3 is 0 Å². The number of nitrogens with zero attached hydrogens (tertiary/aromatic N) is 3. The molecule has 0 aliphatic rings. The molecule has 3 heterocycles. The fourth-order valence-electron chi connectivity index (χ4n) is 3.57. The molecule has 0 unspecified atom stereocenters. The van der Waals surface area contributed by atoms with E-state index in [1.54, 1.807) is 54.6 Å². The van der Waals surface area contributed by atoms with Crippen molar-refractivity contribution in [3.63, 3.8) is 0 Å². The van der Waals surface area contributed by atoms with Gasteiger partial charge in [0.2, 0.25) is 0 Å². The largest absolute Gasteiger partial charge is 0.269 e. The first-order valence-electron chi connectivity index (χ1n) is 9.28. The van der Waals surface area contributed by atoms with Crippen molar-refractivity contribution in [1.29, 1.82) is 0 Å². The first-order chi connectivity index (χ1) is 14.4. The van der Waals surface area contributed by atoms with Crippen LogP contribution in [0, 0.1) is 12.7 Å². The number of pyridine rings is 2. The zero-order valence-electron chi connectivity index (χ0n) is 15.9. The van der Waals surface area contributed by atoms with Gasteiger partial charge in [0.25, 0.3) is 10.0 Å². The molecule has 0 fully saturated rings. The lowest BCUT2D eigenvalue weighted by molar-refractivity contribution is 0.589. The summed E-state index contributed by atoms with van der Waals surface area (Å²) in [7, 11) is -3.87. The Balaban J connectivity index is 1.77. The Hall–Kier alpha value is -3.58. The summed E-state index contributed by atoms with van der Waals surface area (Å²) in [5, 5.41) is 1.26. The highest BCUT2D eigenvalue weighted by molar-refractivity contribution is 7.90. The van der Waals surface area contributed by atoms with Gasteiger partial charge >= 0.3 is 0 Å². The Bertz CT molecular complexity index is 1520. The predicted octanol–water partition coefficient (Wildman–Crippen LogP) is 4.94. The van der Waals surface area contributed by atoms with Crippen molar-refractivity contribution in [2.24, 2.45) is 0 Å². The highest BCUT2D eigenvalue weighted by atomic mass is 32.2. The highest BCUT2D eigenvalue weighted by Crippen LogP contribution is 2.34. The monoisotopic (exact) mass is 417 g/mol. The molecule has 5 rings (SSSR count). The van der Waals surface area contributed by atoms with Gasteiger partial charge in [-0.15, -0.1) is 0 Å². The number of rotatable bonds is 3. The fourth-order valence-corrected chi connectivity index (χ4v) is 4.90. The van der Waals surface area contributed by atoms with Gasteiger partial charge in [0.15, 0.2) is 5.65 Å². The molecular weight excluding hydrogens is 401 g/mol. The Morgan fingerprint density at radius 1 is 0.933 bits per heavy atom. The summed E-state index contributed by atoms with van der Waals surface area (Å²) < 4.78 is 42.5. The van der Waals surface area contributed by atoms with Crippen molar-refractivity contribution in [2.75, 3.05) is 0 Å². The van der Waals surface area contributed by atoms with Crippen LogP contribution in [-0.4, -0.2) is 22.4 Å². The van der Waals surface area contributed by atoms with Crippen molar-refractivity contribution in [1.82, 2.24) is 13.9 Å². The number of halogens is 1. The van der Waals surface area contributed by atoms with E-state index in [-0.39, 0.29) is 10.4 Å². The number of hydrogen-bond acceptors (Lipinski definition) is 4. The first-order valence-corrected chi connectivity index (χ1v) is 10.7. The van der Waals surface area contributed by atoms with E-state index in [4.69, 9.17) is 0 Å². The molecule has 0 bridgehead atoms. The van der Waals surface area contributed by atoms with Crippen LogP contribution < -0.4 is 0 Å². The molecule has 0 saturated heterocycles. The SMILES string of the molecule is Cc1ccc(S(=O)(=O)n2cc(-c3cc(F)c4ncccc4c3)c3cccnc32)cc1. The van der Waals surface area contributed by atoms with Gasteiger partial charge in [-0.3, -0.25) is 4.98 Å². The van der Waals surface area contributed by atoms with E-state index in [0.29, 0.717) is 27.5 Å². The van der Waals surface area contributed by atoms with E-state index >= 15 is 0 Å². The summed E-state index contributed by atoms with van der Waals surface area (Å²) in [4.78, 5) is 8.54. The molecule has 30 heavy (non-hydrogen) atoms. The molecule has 0 spiro atoms. The summed E-state index contributed by atoms with van der Waals surface area (Å²) >= 11 is 0. The van der Waals surface area contributed by atoms with Crippen LogP contribution in [0.3, 0.4) is 0 Å². The number of hydrogen-bond donors (Lipinski definition) is 0. The molecule has 148 valence electrons. The van der Waals surface area contributed by atoms with Crippen LogP contribution in [0.25, 0.3) is 33.1 Å². The molecule has 5 nitrogen and oxygen atoms in total. The Morgan fingerprint density at radius 2 is 1.67 bits per heavy atom. The summed E-state index contributed by atoms with van der Waals surface area (Å²) in [6.45, 7) is 1.89. The van der Waals surface area contributed by atoms with Gasteiger partial charge in [-0.2, -0.15) is 0 Å². The lowest BCUT2D eigenvalue weighted by atomic mass is 10.0. The van der Waals surface area contributed by atoms with Gasteiger partial charge in [-0.1, -0.05) is 23.8 Å². The molecule has 0 aliphatic heterocycles. The average molecular weight is 417 g/mol. The summed E-state index contributed by atoms with van der Waals surface area (Å²) in [5.74, 6) is -0.464. The van der Waals surface area contributed by atoms with Crippen LogP contribution in [0.2, 0.25) is 0 Å². The first kappa shape index (κ1) is 18.4. The highest BCUT2D eigenvalue weighted by Gasteiger charge is 2.23. The standard InChI is InChI=1S/C23H16FN3O2S/c1-15-6-8-18(9-7-15)30(28,29)27-14-20(19-5-3-11-26-23(19)27)17-12-16-4-2-10-25-22(16)21(24)13-17/h2-14H,1H3. The lowest BCUT2D eigenvalue weighted by Gasteiger charge is -2.07. The van der Waals surface area contributed by atoms with Crippen molar-refractivity contribution in [3.8, 4) is 11.1 Å². The van der Waals surface area contributed by atoms with Crippen molar-refractivity contribution in [3.05, 3.63) is 90.6 Å². The van der Waals surface area contributed by atoms with Crippen molar-refractivity contribution in [2.45, 2.75) is 11.8 Å². The van der Waals surface area contributed by atoms with E-state index < -0.39 is 15.8 Å². The van der Waals surface area contributed by atoms with Crippen LogP contribution in [0.4, 0.5) is 4.39 Å². The molecule has 0 radical (unpaired) electrons. The molecule has 7 heteroatoms. The van der Waals surface area contributed by atoms with Crippen LogP contribution in [0.1, 0.15) is 5.56 Å². The van der Waals surface area contributed by atoms with Gasteiger partial charge in [0, 0.05) is 34.9 Å². The Labute approximate surface area is 172 Å². The van der Waals surface area contributed by atoms with Gasteiger partial charge in [-0.05, 0) is 55.0 Å². The third-order valence-electron chi connectivity index (χ3n) is 5.08. The quantitative estimate of drug-likeness (QED) is 0.417. The van der Waals surface area contributed by atoms with Crippen LogP contribution in [0.5, 0.6) is 0 Å². The molecule has 0 N–H and O–H groups in total. The maximum absolute atomic E-state index is 14.7. The lowest BCUT2D eigenvalue weighted by Crippen LogP contribution is -2.12. The fraction of sp³-hybridized carbons (Fsp3) is 0.0435. The minimum absolute atomic E-state index is 0.163. The van der Waals surface area contributed by atoms with Crippen LogP contribution >= 0.6 is 0 Å². The van der Waals surface area contributed by atoms with Gasteiger partial charge in [-0.25, -0.2) is 21.8 Å². The van der Waals surface area contributed by atoms with E-state index in [1.807, 2.05) is 6.92 Å². The predicted molar refractivity (Wildman–Crippen MR) is 114 cm³/mol. The molecular formula is C23H16FN3O2S. The second-order valence-corrected chi connectivity index (χ2v) is 8.88. The summed E-state index contributed by atoms with van der Waals surface area (Å²) in [6.07, 6.45) is 4.58. The molecule has 5 aromatic rings. The normalized spacial score (nSPS) is 11.9. The molecule has 0 aliphatic carbocycles. The zero-order valence-corrected chi connectivity index (χ0v) is 16.8. The molecule has 2 aromatic carbocycles. The molecule has 0 amide bonds. The summed E-state index contributed by atoms with van der Waals surface area (Å²) in [5.41, 5.74) is 2.67. The second kappa shape index (κ2) is 6.74. The van der Waals surface area contributed by atoms with E-state index in [0.717, 1.165) is 9.54 Å². The third-order valence-corrected chi connectivity index (χ3v) is 6.74. The number of fused-ring (bicyclic) bond motifs is 2. The maximum atomic E-state index is 14.7. The maximum Gasteiger partial charge on any atom is 0.269 e. The number of benzene rings is 2. The second-order valence-electron chi connectivity index (χ2n) is 7.06. The summed E-state index contributed by atoms with van der Waals surface area (Å²) in [6, 6.07) is 16.8. The Morgan fingerprint density at radius 3 is 2.47 bits per heavy atom.